The first-order valence-electron chi connectivity index (χ1n) is 11.7. The van der Waals surface area contributed by atoms with Crippen LogP contribution in [0.25, 0.3) is 0 Å². The van der Waals surface area contributed by atoms with Gasteiger partial charge in [0.25, 0.3) is 0 Å². The SMILES string of the molecule is NCCCCC(NC(=O)CN)C(=O)NC(CCCN=C(N)N)C(=O)NC(CCCN=C(N)N)C(=O)O. The van der Waals surface area contributed by atoms with Crippen LogP contribution in [0.3, 0.4) is 0 Å². The van der Waals surface area contributed by atoms with Gasteiger partial charge in [0.05, 0.1) is 6.54 Å². The minimum absolute atomic E-state index is 0.0563. The van der Waals surface area contributed by atoms with Gasteiger partial charge in [-0.2, -0.15) is 0 Å². The first-order valence-corrected chi connectivity index (χ1v) is 11.7. The lowest BCUT2D eigenvalue weighted by atomic mass is 10.1. The topological polar surface area (TPSA) is 305 Å². The molecule has 0 rings (SSSR count). The number of carboxylic acid groups (broad SMARTS) is 1. The third-order valence-electron chi connectivity index (χ3n) is 4.92. The summed E-state index contributed by atoms with van der Waals surface area (Å²) in [5, 5.41) is 17.0. The number of nitrogens with one attached hydrogen (secondary N) is 3. The van der Waals surface area contributed by atoms with E-state index in [1.165, 1.54) is 0 Å². The highest BCUT2D eigenvalue weighted by Crippen LogP contribution is 2.06. The molecule has 0 bridgehead atoms. The minimum Gasteiger partial charge on any atom is -0.480 e. The average molecular weight is 516 g/mol. The van der Waals surface area contributed by atoms with E-state index in [4.69, 9.17) is 34.4 Å². The van der Waals surface area contributed by atoms with Gasteiger partial charge in [-0.15, -0.1) is 0 Å². The zero-order valence-electron chi connectivity index (χ0n) is 20.4. The molecule has 0 aliphatic heterocycles. The molecular formula is C20H41N11O5. The van der Waals surface area contributed by atoms with Crippen molar-refractivity contribution in [1.82, 2.24) is 16.0 Å². The molecule has 3 atom stereocenters. The van der Waals surface area contributed by atoms with E-state index in [0.29, 0.717) is 32.2 Å². The van der Waals surface area contributed by atoms with Crippen LogP contribution in [0.15, 0.2) is 9.98 Å². The van der Waals surface area contributed by atoms with Crippen molar-refractivity contribution in [1.29, 1.82) is 0 Å². The molecule has 206 valence electrons. The third kappa shape index (κ3) is 15.3. The maximum atomic E-state index is 13.0. The van der Waals surface area contributed by atoms with Crippen LogP contribution >= 0.6 is 0 Å². The molecule has 16 N–H and O–H groups in total. The lowest BCUT2D eigenvalue weighted by Gasteiger charge is -2.24. The summed E-state index contributed by atoms with van der Waals surface area (Å²) in [5.74, 6) is -3.38. The lowest BCUT2D eigenvalue weighted by molar-refractivity contribution is -0.142. The zero-order valence-corrected chi connectivity index (χ0v) is 20.4. The van der Waals surface area contributed by atoms with Gasteiger partial charge in [0.15, 0.2) is 11.9 Å². The van der Waals surface area contributed by atoms with Crippen LogP contribution in [0, 0.1) is 0 Å². The van der Waals surface area contributed by atoms with Crippen molar-refractivity contribution in [3.05, 3.63) is 0 Å². The van der Waals surface area contributed by atoms with Crippen LogP contribution in [0.2, 0.25) is 0 Å². The second kappa shape index (κ2) is 18.6. The van der Waals surface area contributed by atoms with Gasteiger partial charge in [0, 0.05) is 13.1 Å². The Morgan fingerprint density at radius 1 is 0.667 bits per heavy atom. The number of hydrogen-bond donors (Lipinski definition) is 10. The number of carboxylic acids is 1. The summed E-state index contributed by atoms with van der Waals surface area (Å²) >= 11 is 0. The third-order valence-corrected chi connectivity index (χ3v) is 4.92. The number of guanidine groups is 2. The monoisotopic (exact) mass is 515 g/mol. The highest BCUT2D eigenvalue weighted by molar-refractivity contribution is 5.93. The van der Waals surface area contributed by atoms with E-state index < -0.39 is 41.8 Å². The van der Waals surface area contributed by atoms with Crippen molar-refractivity contribution in [2.45, 2.75) is 63.1 Å². The van der Waals surface area contributed by atoms with Crippen LogP contribution in [0.5, 0.6) is 0 Å². The van der Waals surface area contributed by atoms with Crippen molar-refractivity contribution in [2.24, 2.45) is 44.4 Å². The molecule has 3 unspecified atom stereocenters. The molecular weight excluding hydrogens is 474 g/mol. The Labute approximate surface area is 210 Å². The summed E-state index contributed by atoms with van der Waals surface area (Å²) < 4.78 is 0. The van der Waals surface area contributed by atoms with Crippen LogP contribution in [0.4, 0.5) is 0 Å². The maximum Gasteiger partial charge on any atom is 0.326 e. The molecule has 16 nitrogen and oxygen atoms in total. The normalized spacial score (nSPS) is 12.9. The second-order valence-corrected chi connectivity index (χ2v) is 7.97. The fourth-order valence-electron chi connectivity index (χ4n) is 3.09. The fourth-order valence-corrected chi connectivity index (χ4v) is 3.09. The van der Waals surface area contributed by atoms with Crippen LogP contribution in [0.1, 0.15) is 44.9 Å². The summed E-state index contributed by atoms with van der Waals surface area (Å²) in [4.78, 5) is 57.0. The van der Waals surface area contributed by atoms with Crippen molar-refractivity contribution < 1.29 is 24.3 Å². The Hall–Kier alpha value is -3.66. The molecule has 0 spiro atoms. The molecule has 0 aliphatic rings. The van der Waals surface area contributed by atoms with Gasteiger partial charge in [-0.3, -0.25) is 24.4 Å². The predicted octanol–water partition coefficient (Wildman–Crippen LogP) is -4.28. The number of aliphatic imine (C=N–C) groups is 2. The van der Waals surface area contributed by atoms with Crippen molar-refractivity contribution in [3.63, 3.8) is 0 Å². The highest BCUT2D eigenvalue weighted by Gasteiger charge is 2.29. The van der Waals surface area contributed by atoms with Gasteiger partial charge in [-0.05, 0) is 51.5 Å². The van der Waals surface area contributed by atoms with E-state index in [1.807, 2.05) is 0 Å². The summed E-state index contributed by atoms with van der Waals surface area (Å²) in [5.41, 5.74) is 32.0. The zero-order chi connectivity index (χ0) is 27.5. The van der Waals surface area contributed by atoms with Gasteiger partial charge in [-0.1, -0.05) is 0 Å². The summed E-state index contributed by atoms with van der Waals surface area (Å²) in [6.07, 6.45) is 2.23. The molecule has 36 heavy (non-hydrogen) atoms. The van der Waals surface area contributed by atoms with Crippen molar-refractivity contribution in [3.8, 4) is 0 Å². The van der Waals surface area contributed by atoms with Gasteiger partial charge < -0.3 is 55.5 Å². The van der Waals surface area contributed by atoms with Gasteiger partial charge in [-0.25, -0.2) is 4.79 Å². The molecule has 0 fully saturated rings. The number of carbonyl (C=O) groups is 4. The Morgan fingerprint density at radius 3 is 1.56 bits per heavy atom. The molecule has 3 amide bonds. The average Bonchev–Trinajstić information content (AvgIpc) is 2.81. The Balaban J connectivity index is 5.46. The maximum absolute atomic E-state index is 13.0. The number of unbranched alkanes of at least 4 members (excludes halogenated alkanes) is 1. The smallest absolute Gasteiger partial charge is 0.326 e. The minimum atomic E-state index is -1.26. The van der Waals surface area contributed by atoms with E-state index in [9.17, 15) is 24.3 Å². The Bertz CT molecular complexity index is 767. The number of hydrogen-bond acceptors (Lipinski definition) is 8. The molecule has 0 radical (unpaired) electrons. The number of rotatable bonds is 19. The molecule has 0 aromatic heterocycles. The number of nitrogens with two attached hydrogens (primary N) is 6. The lowest BCUT2D eigenvalue weighted by Crippen LogP contribution is -2.56. The van der Waals surface area contributed by atoms with E-state index in [-0.39, 0.29) is 50.8 Å². The number of nitrogens with zero attached hydrogens (tertiary/aromatic N) is 2. The van der Waals surface area contributed by atoms with Gasteiger partial charge in [0.1, 0.15) is 18.1 Å². The molecule has 0 heterocycles. The van der Waals surface area contributed by atoms with E-state index in [1.54, 1.807) is 0 Å². The van der Waals surface area contributed by atoms with Crippen LogP contribution in [-0.2, 0) is 19.2 Å². The number of amides is 3. The summed E-state index contributed by atoms with van der Waals surface area (Å²) in [6, 6.07) is -3.30. The van der Waals surface area contributed by atoms with Crippen LogP contribution < -0.4 is 50.4 Å². The highest BCUT2D eigenvalue weighted by atomic mass is 16.4. The molecule has 0 saturated heterocycles. The van der Waals surface area contributed by atoms with Crippen molar-refractivity contribution >= 4 is 35.6 Å². The van der Waals surface area contributed by atoms with E-state index >= 15 is 0 Å². The Kier molecular flexibility index (Phi) is 16.7. The standard InChI is InChI=1S/C20H41N11O5/c21-8-2-1-5-12(29-15(32)11-22)16(33)30-13(6-3-9-27-19(23)24)17(34)31-14(18(35)36)7-4-10-28-20(25)26/h12-14H,1-11,21-22H2,(H,29,32)(H,30,33)(H,31,34)(H,35,36)(H4,23,24,27)(H4,25,26,28). The number of carbonyl (C=O) groups excluding carboxylic acids is 3. The molecule has 16 heteroatoms. The Morgan fingerprint density at radius 2 is 1.11 bits per heavy atom. The number of aliphatic carboxylic acids is 1. The first kappa shape index (κ1) is 32.3. The second-order valence-electron chi connectivity index (χ2n) is 7.97. The molecule has 0 aromatic rings. The van der Waals surface area contributed by atoms with E-state index in [2.05, 4.69) is 25.9 Å². The van der Waals surface area contributed by atoms with Gasteiger partial charge >= 0.3 is 5.97 Å². The predicted molar refractivity (Wildman–Crippen MR) is 135 cm³/mol. The summed E-state index contributed by atoms with van der Waals surface area (Å²) in [7, 11) is 0. The van der Waals surface area contributed by atoms with Gasteiger partial charge in [0.2, 0.25) is 17.7 Å². The van der Waals surface area contributed by atoms with Crippen molar-refractivity contribution in [2.75, 3.05) is 26.2 Å². The summed E-state index contributed by atoms with van der Waals surface area (Å²) in [6.45, 7) is 0.469. The quantitative estimate of drug-likeness (QED) is 0.0445. The molecule has 0 saturated carbocycles. The van der Waals surface area contributed by atoms with E-state index in [0.717, 1.165) is 0 Å². The fraction of sp³-hybridized carbons (Fsp3) is 0.700. The molecule has 0 aliphatic carbocycles. The largest absolute Gasteiger partial charge is 0.480 e. The van der Waals surface area contributed by atoms with Crippen LogP contribution in [-0.4, -0.2) is 85.0 Å². The first-order chi connectivity index (χ1) is 17.0. The molecule has 0 aromatic carbocycles.